The molecular weight excluding hydrogens is 224 g/mol. The van der Waals surface area contributed by atoms with Crippen LogP contribution in [0.15, 0.2) is 18.2 Å². The van der Waals surface area contributed by atoms with Crippen LogP contribution in [0.25, 0.3) is 0 Å². The molecular formula is C12H17ClN2O. The van der Waals surface area contributed by atoms with Gasteiger partial charge in [-0.25, -0.2) is 4.98 Å². The minimum atomic E-state index is -0.00378. The quantitative estimate of drug-likeness (QED) is 0.743. The number of ether oxygens (including phenoxy) is 1. The van der Waals surface area contributed by atoms with E-state index in [1.165, 1.54) is 0 Å². The average Bonchev–Trinajstić information content (AvgIpc) is 2.28. The normalized spacial score (nSPS) is 19.8. The predicted molar refractivity (Wildman–Crippen MR) is 66.0 cm³/mol. The third kappa shape index (κ3) is 2.30. The fourth-order valence-corrected chi connectivity index (χ4v) is 2.12. The van der Waals surface area contributed by atoms with Gasteiger partial charge in [-0.15, -0.1) is 11.6 Å². The molecule has 0 atom stereocenters. The zero-order valence-electron chi connectivity index (χ0n) is 9.74. The van der Waals surface area contributed by atoms with E-state index in [4.69, 9.17) is 16.3 Å². The largest absolute Gasteiger partial charge is 0.377 e. The zero-order chi connectivity index (χ0) is 11.6. The third-order valence-electron chi connectivity index (χ3n) is 2.85. The number of anilines is 1. The van der Waals surface area contributed by atoms with Crippen molar-refractivity contribution in [3.8, 4) is 0 Å². The maximum Gasteiger partial charge on any atom is 0.129 e. The van der Waals surface area contributed by atoms with Gasteiger partial charge in [-0.3, -0.25) is 0 Å². The summed E-state index contributed by atoms with van der Waals surface area (Å²) < 4.78 is 5.50. The molecule has 88 valence electrons. The second-order valence-corrected chi connectivity index (χ2v) is 4.90. The number of nitrogens with zero attached hydrogens (tertiary/aromatic N) is 2. The first-order chi connectivity index (χ1) is 7.63. The van der Waals surface area contributed by atoms with Crippen molar-refractivity contribution in [3.63, 3.8) is 0 Å². The van der Waals surface area contributed by atoms with E-state index in [2.05, 4.69) is 23.7 Å². The molecule has 1 aromatic rings. The first kappa shape index (κ1) is 11.7. The Hall–Kier alpha value is -0.800. The van der Waals surface area contributed by atoms with Gasteiger partial charge in [0.25, 0.3) is 0 Å². The molecule has 0 unspecified atom stereocenters. The van der Waals surface area contributed by atoms with Crippen molar-refractivity contribution in [1.29, 1.82) is 0 Å². The molecule has 1 fully saturated rings. The predicted octanol–water partition coefficient (Wildman–Crippen LogP) is 2.44. The molecule has 4 heteroatoms. The number of rotatable bonds is 2. The van der Waals surface area contributed by atoms with E-state index in [1.54, 1.807) is 0 Å². The molecule has 2 heterocycles. The highest BCUT2D eigenvalue weighted by Crippen LogP contribution is 2.25. The van der Waals surface area contributed by atoms with Gasteiger partial charge in [-0.2, -0.15) is 0 Å². The summed E-state index contributed by atoms with van der Waals surface area (Å²) in [6.45, 7) is 6.71. The molecule has 0 aromatic carbocycles. The molecule has 0 amide bonds. The Morgan fingerprint density at radius 3 is 3.00 bits per heavy atom. The van der Waals surface area contributed by atoms with Crippen LogP contribution in [0.5, 0.6) is 0 Å². The Morgan fingerprint density at radius 1 is 1.50 bits per heavy atom. The molecule has 0 radical (unpaired) electrons. The Bertz CT molecular complexity index is 368. The van der Waals surface area contributed by atoms with Crippen LogP contribution in [0, 0.1) is 0 Å². The molecule has 1 aliphatic rings. The van der Waals surface area contributed by atoms with Crippen molar-refractivity contribution < 1.29 is 4.74 Å². The number of halogens is 1. The lowest BCUT2D eigenvalue weighted by molar-refractivity contribution is 0.0639. The highest BCUT2D eigenvalue weighted by atomic mass is 35.5. The highest BCUT2D eigenvalue weighted by Gasteiger charge is 2.31. The number of pyridine rings is 1. The smallest absolute Gasteiger partial charge is 0.129 e. The van der Waals surface area contributed by atoms with Gasteiger partial charge in [-0.05, 0) is 26.0 Å². The molecule has 0 saturated carbocycles. The Kier molecular flexibility index (Phi) is 3.36. The van der Waals surface area contributed by atoms with Crippen molar-refractivity contribution >= 4 is 17.4 Å². The Labute approximate surface area is 101 Å². The van der Waals surface area contributed by atoms with Crippen LogP contribution < -0.4 is 4.90 Å². The molecule has 0 N–H and O–H groups in total. The number of hydrogen-bond donors (Lipinski definition) is 0. The lowest BCUT2D eigenvalue weighted by Gasteiger charge is -2.43. The second kappa shape index (κ2) is 4.60. The molecule has 1 aromatic heterocycles. The number of morpholine rings is 1. The van der Waals surface area contributed by atoms with Crippen molar-refractivity contribution in [3.05, 3.63) is 23.9 Å². The summed E-state index contributed by atoms with van der Waals surface area (Å²) in [6.07, 6.45) is 0. The van der Waals surface area contributed by atoms with Crippen LogP contribution in [0.1, 0.15) is 19.5 Å². The summed E-state index contributed by atoms with van der Waals surface area (Å²) >= 11 is 5.80. The standard InChI is InChI=1S/C12H17ClN2O/c1-12(2)9-16-7-6-15(12)11-5-3-4-10(8-13)14-11/h3-5H,6-9H2,1-2H3. The summed E-state index contributed by atoms with van der Waals surface area (Å²) in [6, 6.07) is 5.98. The van der Waals surface area contributed by atoms with Crippen LogP contribution in [0.3, 0.4) is 0 Å². The van der Waals surface area contributed by atoms with Gasteiger partial charge in [0.2, 0.25) is 0 Å². The van der Waals surface area contributed by atoms with Gasteiger partial charge in [0, 0.05) is 6.54 Å². The molecule has 16 heavy (non-hydrogen) atoms. The monoisotopic (exact) mass is 240 g/mol. The fraction of sp³-hybridized carbons (Fsp3) is 0.583. The van der Waals surface area contributed by atoms with E-state index < -0.39 is 0 Å². The van der Waals surface area contributed by atoms with Gasteiger partial charge < -0.3 is 9.64 Å². The van der Waals surface area contributed by atoms with Gasteiger partial charge in [-0.1, -0.05) is 6.07 Å². The Balaban J connectivity index is 2.27. The van der Waals surface area contributed by atoms with E-state index >= 15 is 0 Å². The zero-order valence-corrected chi connectivity index (χ0v) is 10.5. The minimum Gasteiger partial charge on any atom is -0.377 e. The van der Waals surface area contributed by atoms with Gasteiger partial charge in [0.1, 0.15) is 5.82 Å². The van der Waals surface area contributed by atoms with Crippen molar-refractivity contribution in [2.45, 2.75) is 25.3 Å². The van der Waals surface area contributed by atoms with E-state index in [0.717, 1.165) is 31.3 Å². The molecule has 1 saturated heterocycles. The van der Waals surface area contributed by atoms with Crippen LogP contribution >= 0.6 is 11.6 Å². The third-order valence-corrected chi connectivity index (χ3v) is 3.12. The van der Waals surface area contributed by atoms with Crippen molar-refractivity contribution in [2.75, 3.05) is 24.7 Å². The van der Waals surface area contributed by atoms with Crippen LogP contribution in [0.4, 0.5) is 5.82 Å². The van der Waals surface area contributed by atoms with E-state index in [9.17, 15) is 0 Å². The molecule has 3 nitrogen and oxygen atoms in total. The van der Waals surface area contributed by atoms with E-state index in [1.807, 2.05) is 18.2 Å². The summed E-state index contributed by atoms with van der Waals surface area (Å²) in [5.74, 6) is 1.45. The number of aromatic nitrogens is 1. The van der Waals surface area contributed by atoms with E-state index in [-0.39, 0.29) is 5.54 Å². The summed E-state index contributed by atoms with van der Waals surface area (Å²) in [5.41, 5.74) is 0.914. The fourth-order valence-electron chi connectivity index (χ4n) is 1.97. The SMILES string of the molecule is CC1(C)COCCN1c1cccc(CCl)n1. The lowest BCUT2D eigenvalue weighted by atomic mass is 10.0. The molecule has 2 rings (SSSR count). The van der Waals surface area contributed by atoms with Gasteiger partial charge in [0.05, 0.1) is 30.3 Å². The molecule has 0 bridgehead atoms. The summed E-state index contributed by atoms with van der Waals surface area (Å²) in [4.78, 5) is 6.83. The molecule has 0 spiro atoms. The average molecular weight is 241 g/mol. The van der Waals surface area contributed by atoms with Crippen molar-refractivity contribution in [1.82, 2.24) is 4.98 Å². The number of hydrogen-bond acceptors (Lipinski definition) is 3. The van der Waals surface area contributed by atoms with Gasteiger partial charge in [0.15, 0.2) is 0 Å². The summed E-state index contributed by atoms with van der Waals surface area (Å²) in [5, 5.41) is 0. The van der Waals surface area contributed by atoms with Crippen LogP contribution in [0.2, 0.25) is 0 Å². The van der Waals surface area contributed by atoms with Gasteiger partial charge >= 0.3 is 0 Å². The molecule has 1 aliphatic heterocycles. The maximum atomic E-state index is 5.80. The minimum absolute atomic E-state index is 0.00378. The number of alkyl halides is 1. The van der Waals surface area contributed by atoms with Crippen LogP contribution in [-0.2, 0) is 10.6 Å². The first-order valence-electron chi connectivity index (χ1n) is 5.51. The lowest BCUT2D eigenvalue weighted by Crippen LogP contribution is -2.53. The van der Waals surface area contributed by atoms with Crippen molar-refractivity contribution in [2.24, 2.45) is 0 Å². The second-order valence-electron chi connectivity index (χ2n) is 4.64. The molecule has 0 aliphatic carbocycles. The topological polar surface area (TPSA) is 25.4 Å². The maximum absolute atomic E-state index is 5.80. The summed E-state index contributed by atoms with van der Waals surface area (Å²) in [7, 11) is 0. The van der Waals surface area contributed by atoms with E-state index in [0.29, 0.717) is 5.88 Å². The highest BCUT2D eigenvalue weighted by molar-refractivity contribution is 6.16. The van der Waals surface area contributed by atoms with Crippen LogP contribution in [-0.4, -0.2) is 30.3 Å². The first-order valence-corrected chi connectivity index (χ1v) is 6.04. The Morgan fingerprint density at radius 2 is 2.31 bits per heavy atom.